The van der Waals surface area contributed by atoms with Crippen molar-refractivity contribution in [2.75, 3.05) is 0 Å². The summed E-state index contributed by atoms with van der Waals surface area (Å²) in [6, 6.07) is 0. The Bertz CT molecular complexity index is 420. The van der Waals surface area contributed by atoms with Gasteiger partial charge < -0.3 is 10.5 Å². The molecule has 0 radical (unpaired) electrons. The zero-order valence-electron chi connectivity index (χ0n) is 11.6. The van der Waals surface area contributed by atoms with Crippen LogP contribution >= 0.6 is 0 Å². The monoisotopic (exact) mass is 249 g/mol. The van der Waals surface area contributed by atoms with Crippen molar-refractivity contribution in [2.45, 2.75) is 59.1 Å². The van der Waals surface area contributed by atoms with E-state index in [9.17, 15) is 0 Å². The molecule has 1 fully saturated rings. The molecule has 2 rings (SSSR count). The van der Waals surface area contributed by atoms with Crippen molar-refractivity contribution in [3.63, 3.8) is 0 Å². The standard InChI is InChI=1S/C14H23N3O/c1-9-5-4-6-12(7-9)18-14-13(8-15)10(2)11(3)16-17-14/h9,12H,4-8,15H2,1-3H3. The lowest BCUT2D eigenvalue weighted by molar-refractivity contribution is 0.121. The second-order valence-electron chi connectivity index (χ2n) is 5.41. The predicted octanol–water partition coefficient (Wildman–Crippen LogP) is 2.51. The second-order valence-corrected chi connectivity index (χ2v) is 5.41. The van der Waals surface area contributed by atoms with E-state index in [2.05, 4.69) is 17.1 Å². The maximum absolute atomic E-state index is 6.03. The number of hydrogen-bond acceptors (Lipinski definition) is 4. The molecule has 0 spiro atoms. The molecule has 4 heteroatoms. The molecule has 2 N–H and O–H groups in total. The lowest BCUT2D eigenvalue weighted by Gasteiger charge is -2.27. The van der Waals surface area contributed by atoms with Gasteiger partial charge in [-0.3, -0.25) is 0 Å². The van der Waals surface area contributed by atoms with Gasteiger partial charge in [-0.2, -0.15) is 5.10 Å². The molecule has 0 aliphatic heterocycles. The zero-order chi connectivity index (χ0) is 13.1. The van der Waals surface area contributed by atoms with Crippen molar-refractivity contribution in [3.8, 4) is 5.88 Å². The van der Waals surface area contributed by atoms with E-state index < -0.39 is 0 Å². The van der Waals surface area contributed by atoms with Crippen LogP contribution in [0.5, 0.6) is 5.88 Å². The minimum atomic E-state index is 0.274. The smallest absolute Gasteiger partial charge is 0.238 e. The highest BCUT2D eigenvalue weighted by atomic mass is 16.5. The normalized spacial score (nSPS) is 24.0. The predicted molar refractivity (Wildman–Crippen MR) is 71.4 cm³/mol. The molecule has 1 aliphatic carbocycles. The van der Waals surface area contributed by atoms with Crippen LogP contribution in [0, 0.1) is 19.8 Å². The van der Waals surface area contributed by atoms with E-state index in [0.717, 1.165) is 35.6 Å². The van der Waals surface area contributed by atoms with Gasteiger partial charge in [0.2, 0.25) is 5.88 Å². The fourth-order valence-corrected chi connectivity index (χ4v) is 2.61. The summed E-state index contributed by atoms with van der Waals surface area (Å²) in [4.78, 5) is 0. The molecule has 1 saturated carbocycles. The Balaban J connectivity index is 2.15. The van der Waals surface area contributed by atoms with Crippen molar-refractivity contribution in [1.29, 1.82) is 0 Å². The molecule has 2 unspecified atom stereocenters. The van der Waals surface area contributed by atoms with Crippen LogP contribution in [-0.2, 0) is 6.54 Å². The number of nitrogens with zero attached hydrogens (tertiary/aromatic N) is 2. The third-order valence-corrected chi connectivity index (χ3v) is 3.92. The van der Waals surface area contributed by atoms with Gasteiger partial charge in [0, 0.05) is 12.1 Å². The summed E-state index contributed by atoms with van der Waals surface area (Å²) in [5.74, 6) is 1.38. The highest BCUT2D eigenvalue weighted by Gasteiger charge is 2.22. The van der Waals surface area contributed by atoms with Gasteiger partial charge in [-0.05, 0) is 44.6 Å². The summed E-state index contributed by atoms with van der Waals surface area (Å²) in [5, 5.41) is 8.32. The molecular formula is C14H23N3O. The first-order valence-corrected chi connectivity index (χ1v) is 6.81. The number of rotatable bonds is 3. The quantitative estimate of drug-likeness (QED) is 0.894. The maximum atomic E-state index is 6.03. The summed E-state index contributed by atoms with van der Waals surface area (Å²) in [6.45, 7) is 6.72. The molecule has 0 saturated heterocycles. The first kappa shape index (κ1) is 13.3. The van der Waals surface area contributed by atoms with Gasteiger partial charge in [-0.15, -0.1) is 5.10 Å². The zero-order valence-corrected chi connectivity index (χ0v) is 11.6. The van der Waals surface area contributed by atoms with Gasteiger partial charge in [0.1, 0.15) is 6.10 Å². The minimum absolute atomic E-state index is 0.274. The Labute approximate surface area is 109 Å². The largest absolute Gasteiger partial charge is 0.473 e. The van der Waals surface area contributed by atoms with E-state index in [1.807, 2.05) is 13.8 Å². The number of aromatic nitrogens is 2. The molecule has 0 aromatic carbocycles. The topological polar surface area (TPSA) is 61.0 Å². The lowest BCUT2D eigenvalue weighted by Crippen LogP contribution is -2.25. The lowest BCUT2D eigenvalue weighted by atomic mass is 9.89. The van der Waals surface area contributed by atoms with Gasteiger partial charge in [-0.25, -0.2) is 0 Å². The number of ether oxygens (including phenoxy) is 1. The van der Waals surface area contributed by atoms with Gasteiger partial charge in [0.25, 0.3) is 0 Å². The molecule has 0 amide bonds. The van der Waals surface area contributed by atoms with Crippen molar-refractivity contribution in [3.05, 3.63) is 16.8 Å². The molecule has 1 aliphatic rings. The van der Waals surface area contributed by atoms with E-state index in [4.69, 9.17) is 10.5 Å². The average molecular weight is 249 g/mol. The summed E-state index contributed by atoms with van der Waals surface area (Å²) in [6.07, 6.45) is 5.04. The van der Waals surface area contributed by atoms with Crippen LogP contribution in [0.3, 0.4) is 0 Å². The van der Waals surface area contributed by atoms with Crippen LogP contribution in [0.25, 0.3) is 0 Å². The highest BCUT2D eigenvalue weighted by Crippen LogP contribution is 2.28. The van der Waals surface area contributed by atoms with Crippen molar-refractivity contribution in [1.82, 2.24) is 10.2 Å². The van der Waals surface area contributed by atoms with Crippen LogP contribution < -0.4 is 10.5 Å². The average Bonchev–Trinajstić information content (AvgIpc) is 2.34. The summed E-state index contributed by atoms with van der Waals surface area (Å²) >= 11 is 0. The van der Waals surface area contributed by atoms with Crippen LogP contribution in [0.2, 0.25) is 0 Å². The number of nitrogens with two attached hydrogens (primary N) is 1. The first-order valence-electron chi connectivity index (χ1n) is 6.81. The van der Waals surface area contributed by atoms with E-state index in [1.54, 1.807) is 0 Å². The summed E-state index contributed by atoms with van der Waals surface area (Å²) in [7, 11) is 0. The highest BCUT2D eigenvalue weighted by molar-refractivity contribution is 5.35. The van der Waals surface area contributed by atoms with E-state index in [1.165, 1.54) is 12.8 Å². The van der Waals surface area contributed by atoms with Crippen molar-refractivity contribution < 1.29 is 4.74 Å². The molecule has 1 heterocycles. The SMILES string of the molecule is Cc1nnc(OC2CCCC(C)C2)c(CN)c1C. The Morgan fingerprint density at radius 2 is 2.06 bits per heavy atom. The molecule has 2 atom stereocenters. The van der Waals surface area contributed by atoms with Crippen molar-refractivity contribution in [2.24, 2.45) is 11.7 Å². The Hall–Kier alpha value is -1.16. The molecule has 0 bridgehead atoms. The van der Waals surface area contributed by atoms with Crippen LogP contribution in [0.1, 0.15) is 49.4 Å². The number of aryl methyl sites for hydroxylation is 1. The molecule has 1 aromatic rings. The Kier molecular flexibility index (Phi) is 4.17. The second kappa shape index (κ2) is 5.65. The van der Waals surface area contributed by atoms with E-state index in [0.29, 0.717) is 12.4 Å². The van der Waals surface area contributed by atoms with Crippen LogP contribution in [0.4, 0.5) is 0 Å². The van der Waals surface area contributed by atoms with Gasteiger partial charge in [-0.1, -0.05) is 13.3 Å². The first-order chi connectivity index (χ1) is 8.61. The molecule has 18 heavy (non-hydrogen) atoms. The Morgan fingerprint density at radius 1 is 1.28 bits per heavy atom. The third kappa shape index (κ3) is 2.80. The van der Waals surface area contributed by atoms with E-state index in [-0.39, 0.29) is 6.10 Å². The van der Waals surface area contributed by atoms with Gasteiger partial charge in [0.15, 0.2) is 0 Å². The van der Waals surface area contributed by atoms with Crippen molar-refractivity contribution >= 4 is 0 Å². The Morgan fingerprint density at radius 3 is 2.72 bits per heavy atom. The van der Waals surface area contributed by atoms with Gasteiger partial charge >= 0.3 is 0 Å². The minimum Gasteiger partial charge on any atom is -0.473 e. The molecule has 100 valence electrons. The van der Waals surface area contributed by atoms with Crippen LogP contribution in [-0.4, -0.2) is 16.3 Å². The van der Waals surface area contributed by atoms with Gasteiger partial charge in [0.05, 0.1) is 5.69 Å². The summed E-state index contributed by atoms with van der Waals surface area (Å²) in [5.41, 5.74) is 8.84. The molecular weight excluding hydrogens is 226 g/mol. The van der Waals surface area contributed by atoms with E-state index >= 15 is 0 Å². The molecule has 4 nitrogen and oxygen atoms in total. The number of hydrogen-bond donors (Lipinski definition) is 1. The fraction of sp³-hybridized carbons (Fsp3) is 0.714. The fourth-order valence-electron chi connectivity index (χ4n) is 2.61. The van der Waals surface area contributed by atoms with Crippen LogP contribution in [0.15, 0.2) is 0 Å². The maximum Gasteiger partial charge on any atom is 0.238 e. The third-order valence-electron chi connectivity index (χ3n) is 3.92. The summed E-state index contributed by atoms with van der Waals surface area (Å²) < 4.78 is 6.03. The molecule has 1 aromatic heterocycles.